The molecule has 1 radical (unpaired) electrons. The molecule has 0 aromatic rings. The fraction of sp³-hybridized carbons (Fsp3) is 0.591. The first-order valence-electron chi connectivity index (χ1n) is 10.3. The molecule has 0 bridgehead atoms. The lowest BCUT2D eigenvalue weighted by molar-refractivity contribution is -0.772. The Morgan fingerprint density at radius 1 is 0.724 bits per heavy atom. The fourth-order valence-corrected chi connectivity index (χ4v) is 2.57. The van der Waals surface area contributed by atoms with Gasteiger partial charge in [-0.05, 0) is 51.4 Å². The van der Waals surface area contributed by atoms with Crippen LogP contribution in [-0.2, 0) is 4.79 Å². The van der Waals surface area contributed by atoms with Crippen LogP contribution in [0.15, 0.2) is 48.6 Å². The van der Waals surface area contributed by atoms with E-state index >= 15 is 0 Å². The SMILES string of the molecule is CCCCC/C=C/C/C=C/C/C=C/C/C=C/CCCCC([C]=O)([N+](=O)[O-])[N+](=O)[O-]. The van der Waals surface area contributed by atoms with Crippen molar-refractivity contribution in [3.05, 3.63) is 68.8 Å². The molecule has 0 N–H and O–H groups in total. The summed E-state index contributed by atoms with van der Waals surface area (Å²) in [5, 5.41) is 21.6. The Morgan fingerprint density at radius 2 is 1.14 bits per heavy atom. The van der Waals surface area contributed by atoms with Gasteiger partial charge in [-0.15, -0.1) is 0 Å². The summed E-state index contributed by atoms with van der Waals surface area (Å²) in [6.07, 6.45) is 26.4. The minimum atomic E-state index is -2.83. The van der Waals surface area contributed by atoms with E-state index in [1.807, 2.05) is 12.2 Å². The van der Waals surface area contributed by atoms with Crippen LogP contribution in [0.2, 0.25) is 0 Å². The predicted molar refractivity (Wildman–Crippen MR) is 115 cm³/mol. The summed E-state index contributed by atoms with van der Waals surface area (Å²) in [7, 11) is 0. The lowest BCUT2D eigenvalue weighted by atomic mass is 10.0. The van der Waals surface area contributed by atoms with Crippen LogP contribution >= 0.6 is 0 Å². The largest absolute Gasteiger partial charge is 0.523 e. The van der Waals surface area contributed by atoms with Crippen molar-refractivity contribution in [2.45, 2.75) is 83.2 Å². The van der Waals surface area contributed by atoms with E-state index in [1.54, 1.807) is 0 Å². The number of carbonyl (C=O) groups excluding carboxylic acids is 1. The normalized spacial score (nSPS) is 12.6. The van der Waals surface area contributed by atoms with Gasteiger partial charge in [0.1, 0.15) is 9.85 Å². The van der Waals surface area contributed by atoms with Gasteiger partial charge >= 0.3 is 11.9 Å². The molecule has 0 unspecified atom stereocenters. The lowest BCUT2D eigenvalue weighted by Gasteiger charge is -2.09. The highest BCUT2D eigenvalue weighted by molar-refractivity contribution is 5.59. The van der Waals surface area contributed by atoms with Crippen LogP contribution in [0, 0.1) is 20.2 Å². The number of allylic oxidation sites excluding steroid dienone is 8. The van der Waals surface area contributed by atoms with E-state index in [-0.39, 0.29) is 6.42 Å². The smallest absolute Gasteiger partial charge is 0.273 e. The highest BCUT2D eigenvalue weighted by Crippen LogP contribution is 2.18. The van der Waals surface area contributed by atoms with Crippen LogP contribution in [0.4, 0.5) is 0 Å². The molecule has 0 amide bonds. The maximum Gasteiger partial charge on any atom is 0.523 e. The second kappa shape index (κ2) is 17.5. The predicted octanol–water partition coefficient (Wildman–Crippen LogP) is 5.88. The third kappa shape index (κ3) is 12.5. The third-order valence-electron chi connectivity index (χ3n) is 4.37. The summed E-state index contributed by atoms with van der Waals surface area (Å²) in [5.74, 6) is 0. The molecule has 0 saturated carbocycles. The van der Waals surface area contributed by atoms with Gasteiger partial charge in [-0.25, -0.2) is 0 Å². The van der Waals surface area contributed by atoms with E-state index in [2.05, 4.69) is 43.4 Å². The molecular weight excluding hydrogens is 372 g/mol. The van der Waals surface area contributed by atoms with Crippen LogP contribution in [0.25, 0.3) is 0 Å². The van der Waals surface area contributed by atoms with Gasteiger partial charge in [0.05, 0.1) is 6.42 Å². The van der Waals surface area contributed by atoms with E-state index in [0.29, 0.717) is 12.8 Å². The Bertz CT molecular complexity index is 580. The first-order chi connectivity index (χ1) is 14.0. The Labute approximate surface area is 173 Å². The summed E-state index contributed by atoms with van der Waals surface area (Å²) >= 11 is 0. The first kappa shape index (κ1) is 26.4. The molecule has 0 heterocycles. The number of hydrogen-bond donors (Lipinski definition) is 0. The van der Waals surface area contributed by atoms with Crippen molar-refractivity contribution in [2.24, 2.45) is 0 Å². The topological polar surface area (TPSA) is 103 Å². The van der Waals surface area contributed by atoms with Gasteiger partial charge in [0.25, 0.3) is 0 Å². The summed E-state index contributed by atoms with van der Waals surface area (Å²) in [4.78, 5) is 29.9. The van der Waals surface area contributed by atoms with Crippen LogP contribution in [-0.4, -0.2) is 21.8 Å². The average Bonchev–Trinajstić information content (AvgIpc) is 2.69. The standard InChI is InChI=1S/C22H33N2O5/c1-2-3-4-5-6-7-8-9-10-11-12-13-14-15-16-17-18-19-20-22(21-25,23(26)27)24(28)29/h6-7,9-10,12-13,15-16H,2-5,8,11,14,17-20H2,1H3/b7-6+,10-9+,13-12+,16-15+. The molecular formula is C22H33N2O5. The van der Waals surface area contributed by atoms with Crippen molar-refractivity contribution in [2.75, 3.05) is 0 Å². The molecule has 0 rings (SSSR count). The second-order valence-corrected chi connectivity index (χ2v) is 6.77. The van der Waals surface area contributed by atoms with Crippen LogP contribution in [0.1, 0.15) is 77.6 Å². The first-order valence-corrected chi connectivity index (χ1v) is 10.3. The van der Waals surface area contributed by atoms with Crippen LogP contribution in [0.3, 0.4) is 0 Å². The average molecular weight is 406 g/mol. The van der Waals surface area contributed by atoms with Gasteiger partial charge in [-0.1, -0.05) is 68.4 Å². The molecule has 0 fully saturated rings. The maximum atomic E-state index is 10.8. The van der Waals surface area contributed by atoms with Gasteiger partial charge < -0.3 is 0 Å². The molecule has 0 saturated heterocycles. The quantitative estimate of drug-likeness (QED) is 0.0931. The van der Waals surface area contributed by atoms with E-state index in [4.69, 9.17) is 0 Å². The number of nitro groups is 2. The van der Waals surface area contributed by atoms with Gasteiger partial charge in [0, 0.05) is 0 Å². The number of rotatable bonds is 18. The van der Waals surface area contributed by atoms with Crippen LogP contribution in [0.5, 0.6) is 0 Å². The zero-order valence-corrected chi connectivity index (χ0v) is 17.3. The molecule has 0 atom stereocenters. The van der Waals surface area contributed by atoms with Crippen LogP contribution < -0.4 is 0 Å². The highest BCUT2D eigenvalue weighted by Gasteiger charge is 2.57. The third-order valence-corrected chi connectivity index (χ3v) is 4.37. The number of unbranched alkanes of at least 4 members (excludes halogenated alkanes) is 5. The molecule has 0 aromatic heterocycles. The van der Waals surface area contributed by atoms with Gasteiger partial charge in [0.15, 0.2) is 0 Å². The number of hydrogen-bond acceptors (Lipinski definition) is 5. The summed E-state index contributed by atoms with van der Waals surface area (Å²) < 4.78 is 0. The van der Waals surface area contributed by atoms with E-state index < -0.39 is 21.9 Å². The molecule has 161 valence electrons. The minimum Gasteiger partial charge on any atom is -0.273 e. The van der Waals surface area contributed by atoms with Crippen molar-refractivity contribution in [3.63, 3.8) is 0 Å². The molecule has 0 aliphatic rings. The maximum absolute atomic E-state index is 10.8. The van der Waals surface area contributed by atoms with E-state index in [0.717, 1.165) is 32.0 Å². The van der Waals surface area contributed by atoms with Crippen molar-refractivity contribution < 1.29 is 14.6 Å². The van der Waals surface area contributed by atoms with Crippen molar-refractivity contribution >= 4 is 6.29 Å². The van der Waals surface area contributed by atoms with Gasteiger partial charge in [-0.2, -0.15) is 0 Å². The number of nitrogens with zero attached hydrogens (tertiary/aromatic N) is 2. The van der Waals surface area contributed by atoms with Crippen molar-refractivity contribution in [1.29, 1.82) is 0 Å². The van der Waals surface area contributed by atoms with Crippen molar-refractivity contribution in [3.8, 4) is 0 Å². The van der Waals surface area contributed by atoms with E-state index in [1.165, 1.54) is 19.3 Å². The second-order valence-electron chi connectivity index (χ2n) is 6.77. The molecule has 0 aliphatic carbocycles. The summed E-state index contributed by atoms with van der Waals surface area (Å²) in [5.41, 5.74) is -2.83. The van der Waals surface area contributed by atoms with Gasteiger partial charge in [0.2, 0.25) is 0 Å². The molecule has 29 heavy (non-hydrogen) atoms. The fourth-order valence-electron chi connectivity index (χ4n) is 2.57. The molecule has 7 heteroatoms. The minimum absolute atomic E-state index is 0.217. The highest BCUT2D eigenvalue weighted by atomic mass is 16.7. The Kier molecular flexibility index (Phi) is 16.0. The monoisotopic (exact) mass is 405 g/mol. The summed E-state index contributed by atoms with van der Waals surface area (Å²) in [6.45, 7) is 2.21. The molecule has 7 nitrogen and oxygen atoms in total. The van der Waals surface area contributed by atoms with Gasteiger partial charge in [-0.3, -0.25) is 25.0 Å². The summed E-state index contributed by atoms with van der Waals surface area (Å²) in [6, 6.07) is 0. The van der Waals surface area contributed by atoms with E-state index in [9.17, 15) is 25.0 Å². The van der Waals surface area contributed by atoms with Crippen molar-refractivity contribution in [1.82, 2.24) is 0 Å². The molecule has 0 spiro atoms. The zero-order valence-electron chi connectivity index (χ0n) is 17.3. The lowest BCUT2D eigenvalue weighted by Crippen LogP contribution is -2.47. The Morgan fingerprint density at radius 3 is 1.52 bits per heavy atom. The zero-order chi connectivity index (χ0) is 21.8. The Balaban J connectivity index is 3.81. The molecule has 0 aliphatic heterocycles. The molecule has 0 aromatic carbocycles. The Hall–Kier alpha value is -2.57.